The van der Waals surface area contributed by atoms with Crippen LogP contribution in [-0.4, -0.2) is 16.5 Å². The molecular formula is C21H25N3S. The van der Waals surface area contributed by atoms with Crippen LogP contribution in [0.15, 0.2) is 47.5 Å². The standard InChI is InChI=1S/C21H25N3S/c1-6-21(5)19(22-18-15(3)10-8-11-16(18)4)23-20(25)24(21)17-12-7-9-14(2)13-17/h7-13H,6H2,1-5H3,(H,22,23,25). The van der Waals surface area contributed by atoms with Crippen LogP contribution in [0.25, 0.3) is 0 Å². The lowest BCUT2D eigenvalue weighted by atomic mass is 9.94. The molecule has 1 unspecified atom stereocenters. The lowest BCUT2D eigenvalue weighted by Gasteiger charge is -2.36. The highest BCUT2D eigenvalue weighted by Gasteiger charge is 2.43. The molecule has 2 aromatic rings. The van der Waals surface area contributed by atoms with Crippen molar-refractivity contribution in [3.05, 3.63) is 59.2 Å². The Morgan fingerprint density at radius 3 is 2.32 bits per heavy atom. The summed E-state index contributed by atoms with van der Waals surface area (Å²) in [6, 6.07) is 14.7. The summed E-state index contributed by atoms with van der Waals surface area (Å²) in [5.41, 5.74) is 5.56. The fraction of sp³-hybridized carbons (Fsp3) is 0.333. The average molecular weight is 352 g/mol. The minimum absolute atomic E-state index is 0.292. The molecule has 1 heterocycles. The molecule has 1 aliphatic rings. The first-order valence-electron chi connectivity index (χ1n) is 8.70. The second kappa shape index (κ2) is 6.60. The number of thiocarbonyl (C=S) groups is 1. The number of anilines is 2. The summed E-state index contributed by atoms with van der Waals surface area (Å²) in [4.78, 5) is 6.91. The van der Waals surface area contributed by atoms with Gasteiger partial charge in [0.25, 0.3) is 0 Å². The molecule has 0 fully saturated rings. The minimum atomic E-state index is -0.292. The normalized spacial score (nSPS) is 20.0. The molecule has 25 heavy (non-hydrogen) atoms. The van der Waals surface area contributed by atoms with Gasteiger partial charge in [0.1, 0.15) is 11.4 Å². The van der Waals surface area contributed by atoms with Crippen molar-refractivity contribution in [3.63, 3.8) is 0 Å². The third-order valence-electron chi connectivity index (χ3n) is 5.08. The van der Waals surface area contributed by atoms with Gasteiger partial charge in [-0.05, 0) is 75.2 Å². The Balaban J connectivity index is 2.01. The highest BCUT2D eigenvalue weighted by atomic mass is 32.1. The molecule has 3 nitrogen and oxygen atoms in total. The quantitative estimate of drug-likeness (QED) is 0.751. The third-order valence-corrected chi connectivity index (χ3v) is 5.35. The molecular weight excluding hydrogens is 326 g/mol. The minimum Gasteiger partial charge on any atom is -0.341 e. The van der Waals surface area contributed by atoms with Crippen molar-refractivity contribution in [3.8, 4) is 0 Å². The first kappa shape index (κ1) is 17.6. The van der Waals surface area contributed by atoms with E-state index in [9.17, 15) is 0 Å². The van der Waals surface area contributed by atoms with Crippen LogP contribution in [0, 0.1) is 20.8 Å². The van der Waals surface area contributed by atoms with E-state index < -0.39 is 0 Å². The summed E-state index contributed by atoms with van der Waals surface area (Å²) < 4.78 is 0. The fourth-order valence-electron chi connectivity index (χ4n) is 3.36. The molecule has 0 aliphatic carbocycles. The Kier molecular flexibility index (Phi) is 4.65. The molecule has 0 saturated carbocycles. The van der Waals surface area contributed by atoms with E-state index >= 15 is 0 Å². The number of aryl methyl sites for hydroxylation is 3. The van der Waals surface area contributed by atoms with E-state index in [0.717, 1.165) is 23.6 Å². The first-order chi connectivity index (χ1) is 11.9. The third kappa shape index (κ3) is 3.07. The van der Waals surface area contributed by atoms with Crippen LogP contribution >= 0.6 is 12.2 Å². The van der Waals surface area contributed by atoms with Gasteiger partial charge in [0.2, 0.25) is 5.11 Å². The van der Waals surface area contributed by atoms with Crippen molar-refractivity contribution in [2.75, 3.05) is 10.2 Å². The van der Waals surface area contributed by atoms with Crippen LogP contribution in [0.4, 0.5) is 11.4 Å². The van der Waals surface area contributed by atoms with Crippen molar-refractivity contribution in [2.24, 2.45) is 4.99 Å². The zero-order valence-corrected chi connectivity index (χ0v) is 16.4. The van der Waals surface area contributed by atoms with Crippen molar-refractivity contribution in [1.82, 2.24) is 0 Å². The Labute approximate surface area is 155 Å². The number of nitrogens with one attached hydrogen (secondary N) is 1. The van der Waals surface area contributed by atoms with Gasteiger partial charge in [-0.2, -0.15) is 0 Å². The molecule has 0 saturated heterocycles. The highest BCUT2D eigenvalue weighted by Crippen LogP contribution is 2.35. The van der Waals surface area contributed by atoms with Gasteiger partial charge in [-0.1, -0.05) is 37.3 Å². The van der Waals surface area contributed by atoms with Crippen molar-refractivity contribution >= 4 is 34.5 Å². The van der Waals surface area contributed by atoms with Crippen LogP contribution < -0.4 is 10.2 Å². The predicted octanol–water partition coefficient (Wildman–Crippen LogP) is 5.40. The van der Waals surface area contributed by atoms with E-state index in [-0.39, 0.29) is 5.54 Å². The van der Waals surface area contributed by atoms with Crippen molar-refractivity contribution < 1.29 is 0 Å². The monoisotopic (exact) mass is 351 g/mol. The number of amidine groups is 1. The number of aliphatic imine (C=N–C) groups is 1. The molecule has 0 radical (unpaired) electrons. The number of nitrogens with zero attached hydrogens (tertiary/aromatic N) is 2. The van der Waals surface area contributed by atoms with Gasteiger partial charge < -0.3 is 10.2 Å². The number of hydrogen-bond acceptors (Lipinski definition) is 2. The van der Waals surface area contributed by atoms with Gasteiger partial charge >= 0.3 is 0 Å². The van der Waals surface area contributed by atoms with Gasteiger partial charge in [0.05, 0.1) is 0 Å². The van der Waals surface area contributed by atoms with Crippen LogP contribution in [0.2, 0.25) is 0 Å². The highest BCUT2D eigenvalue weighted by molar-refractivity contribution is 7.80. The summed E-state index contributed by atoms with van der Waals surface area (Å²) in [6.45, 7) is 10.7. The fourth-order valence-corrected chi connectivity index (χ4v) is 3.76. The molecule has 0 aromatic heterocycles. The first-order valence-corrected chi connectivity index (χ1v) is 9.11. The lowest BCUT2D eigenvalue weighted by molar-refractivity contribution is 0.607. The SMILES string of the molecule is CCC1(C)C(Nc2c(C)cccc2C)=NC(=S)N1c1cccc(C)c1. The van der Waals surface area contributed by atoms with Crippen molar-refractivity contribution in [1.29, 1.82) is 0 Å². The summed E-state index contributed by atoms with van der Waals surface area (Å²) in [5.74, 6) is 0.916. The van der Waals surface area contributed by atoms with E-state index in [1.165, 1.54) is 16.7 Å². The maximum atomic E-state index is 5.64. The van der Waals surface area contributed by atoms with Crippen molar-refractivity contribution in [2.45, 2.75) is 46.6 Å². The number of hydrogen-bond donors (Lipinski definition) is 1. The van der Waals surface area contributed by atoms with E-state index in [4.69, 9.17) is 17.2 Å². The van der Waals surface area contributed by atoms with E-state index in [1.807, 2.05) is 0 Å². The smallest absolute Gasteiger partial charge is 0.202 e. The molecule has 2 aromatic carbocycles. The molecule has 0 amide bonds. The summed E-state index contributed by atoms with van der Waals surface area (Å²) in [6.07, 6.45) is 0.901. The maximum absolute atomic E-state index is 5.64. The van der Waals surface area contributed by atoms with E-state index in [2.05, 4.69) is 87.3 Å². The predicted molar refractivity (Wildman–Crippen MR) is 112 cm³/mol. The zero-order chi connectivity index (χ0) is 18.2. The van der Waals surface area contributed by atoms with Crippen LogP contribution in [-0.2, 0) is 0 Å². The largest absolute Gasteiger partial charge is 0.341 e. The topological polar surface area (TPSA) is 27.6 Å². The molecule has 1 aliphatic heterocycles. The van der Waals surface area contributed by atoms with Crippen LogP contribution in [0.1, 0.15) is 37.0 Å². The lowest BCUT2D eigenvalue weighted by Crippen LogP contribution is -2.51. The molecule has 0 spiro atoms. The summed E-state index contributed by atoms with van der Waals surface area (Å²) >= 11 is 5.64. The molecule has 130 valence electrons. The van der Waals surface area contributed by atoms with E-state index in [1.54, 1.807) is 0 Å². The number of rotatable bonds is 3. The van der Waals surface area contributed by atoms with Gasteiger partial charge in [0.15, 0.2) is 0 Å². The second-order valence-corrected chi connectivity index (χ2v) is 7.30. The maximum Gasteiger partial charge on any atom is 0.202 e. The van der Waals surface area contributed by atoms with Crippen LogP contribution in [0.3, 0.4) is 0 Å². The molecule has 3 rings (SSSR count). The molecule has 1 N–H and O–H groups in total. The molecule has 1 atom stereocenters. The Bertz CT molecular complexity index is 836. The molecule has 0 bridgehead atoms. The van der Waals surface area contributed by atoms with Gasteiger partial charge in [-0.15, -0.1) is 0 Å². The number of benzene rings is 2. The zero-order valence-electron chi connectivity index (χ0n) is 15.6. The second-order valence-electron chi connectivity index (χ2n) is 6.94. The Hall–Kier alpha value is -2.20. The summed E-state index contributed by atoms with van der Waals surface area (Å²) in [5, 5.41) is 4.20. The van der Waals surface area contributed by atoms with Gasteiger partial charge in [-0.3, -0.25) is 0 Å². The summed E-state index contributed by atoms with van der Waals surface area (Å²) in [7, 11) is 0. The Morgan fingerprint density at radius 1 is 1.08 bits per heavy atom. The van der Waals surface area contributed by atoms with Gasteiger partial charge in [0, 0.05) is 11.4 Å². The Morgan fingerprint density at radius 2 is 1.72 bits per heavy atom. The molecule has 4 heteroatoms. The van der Waals surface area contributed by atoms with Gasteiger partial charge in [-0.25, -0.2) is 4.99 Å². The average Bonchev–Trinajstić information content (AvgIpc) is 2.82. The number of para-hydroxylation sites is 1. The van der Waals surface area contributed by atoms with E-state index in [0.29, 0.717) is 5.11 Å². The van der Waals surface area contributed by atoms with Crippen LogP contribution in [0.5, 0.6) is 0 Å².